The molecule has 0 radical (unpaired) electrons. The molecule has 27 heavy (non-hydrogen) atoms. The summed E-state index contributed by atoms with van der Waals surface area (Å²) in [5.41, 5.74) is 1.04. The highest BCUT2D eigenvalue weighted by molar-refractivity contribution is 8.00. The average Bonchev–Trinajstić information content (AvgIpc) is 3.03. The molecule has 1 aromatic heterocycles. The minimum atomic E-state index is -0.750. The van der Waals surface area contributed by atoms with Crippen molar-refractivity contribution < 1.29 is 18.8 Å². The molecule has 0 aliphatic rings. The van der Waals surface area contributed by atoms with Gasteiger partial charge in [0.2, 0.25) is 0 Å². The van der Waals surface area contributed by atoms with E-state index in [0.717, 1.165) is 17.8 Å². The lowest BCUT2D eigenvalue weighted by atomic mass is 10.2. The van der Waals surface area contributed by atoms with Crippen LogP contribution in [0.3, 0.4) is 0 Å². The molecule has 0 aliphatic carbocycles. The molecular weight excluding hydrogens is 373 g/mol. The number of aromatic nitrogens is 2. The molecule has 0 fully saturated rings. The van der Waals surface area contributed by atoms with Crippen LogP contribution in [-0.4, -0.2) is 32.8 Å². The second kappa shape index (κ2) is 7.75. The Morgan fingerprint density at radius 3 is 2.74 bits per heavy atom. The molecule has 3 rings (SSSR count). The van der Waals surface area contributed by atoms with Gasteiger partial charge in [0.1, 0.15) is 5.25 Å². The number of carbonyl (C=O) groups excluding carboxylic acids is 1. The summed E-state index contributed by atoms with van der Waals surface area (Å²) in [4.78, 5) is 26.7. The predicted molar refractivity (Wildman–Crippen MR) is 99.6 cm³/mol. The first-order chi connectivity index (χ1) is 13.0. The van der Waals surface area contributed by atoms with E-state index in [1.807, 2.05) is 6.92 Å². The standard InChI is InChI=1S/C18H16FN3O4S/c1-3-16(17(23)26-2)27-18-20-13-6-4-5-7-15(13)21(18)14-9-8-11(22(24)25)10-12(14)19/h4-10,16H,3H2,1-2H3. The van der Waals surface area contributed by atoms with Crippen molar-refractivity contribution in [2.24, 2.45) is 0 Å². The van der Waals surface area contributed by atoms with Crippen LogP contribution in [-0.2, 0) is 9.53 Å². The lowest BCUT2D eigenvalue weighted by Gasteiger charge is -2.14. The highest BCUT2D eigenvalue weighted by Gasteiger charge is 2.24. The van der Waals surface area contributed by atoms with Gasteiger partial charge in [-0.25, -0.2) is 9.37 Å². The quantitative estimate of drug-likeness (QED) is 0.273. The molecule has 1 unspecified atom stereocenters. The van der Waals surface area contributed by atoms with E-state index in [-0.39, 0.29) is 11.4 Å². The molecule has 1 heterocycles. The van der Waals surface area contributed by atoms with Crippen molar-refractivity contribution >= 4 is 34.5 Å². The summed E-state index contributed by atoms with van der Waals surface area (Å²) < 4.78 is 21.0. The van der Waals surface area contributed by atoms with E-state index in [9.17, 15) is 19.3 Å². The first-order valence-corrected chi connectivity index (χ1v) is 9.00. The van der Waals surface area contributed by atoms with Crippen molar-refractivity contribution in [1.29, 1.82) is 0 Å². The largest absolute Gasteiger partial charge is 0.468 e. The number of imidazole rings is 1. The molecule has 9 heteroatoms. The highest BCUT2D eigenvalue weighted by atomic mass is 32.2. The van der Waals surface area contributed by atoms with Crippen molar-refractivity contribution in [3.63, 3.8) is 0 Å². The van der Waals surface area contributed by atoms with Crippen LogP contribution in [0.4, 0.5) is 10.1 Å². The van der Waals surface area contributed by atoms with E-state index < -0.39 is 22.0 Å². The number of non-ortho nitro benzene ring substituents is 1. The Hall–Kier alpha value is -2.94. The third kappa shape index (κ3) is 3.63. The summed E-state index contributed by atoms with van der Waals surface area (Å²) in [6, 6.07) is 10.6. The summed E-state index contributed by atoms with van der Waals surface area (Å²) in [7, 11) is 1.31. The predicted octanol–water partition coefficient (Wildman–Crippen LogP) is 4.12. The van der Waals surface area contributed by atoms with Crippen LogP contribution < -0.4 is 0 Å². The number of hydrogen-bond donors (Lipinski definition) is 0. The van der Waals surface area contributed by atoms with Crippen LogP contribution >= 0.6 is 11.8 Å². The van der Waals surface area contributed by atoms with Gasteiger partial charge in [0.25, 0.3) is 5.69 Å². The molecule has 0 aliphatic heterocycles. The van der Waals surface area contributed by atoms with Crippen LogP contribution in [0.15, 0.2) is 47.6 Å². The fourth-order valence-electron chi connectivity index (χ4n) is 2.66. The lowest BCUT2D eigenvalue weighted by molar-refractivity contribution is -0.385. The van der Waals surface area contributed by atoms with Crippen LogP contribution in [0.2, 0.25) is 0 Å². The Bertz CT molecular complexity index is 1020. The average molecular weight is 389 g/mol. The minimum Gasteiger partial charge on any atom is -0.468 e. The number of fused-ring (bicyclic) bond motifs is 1. The van der Waals surface area contributed by atoms with E-state index in [2.05, 4.69) is 4.98 Å². The van der Waals surface area contributed by atoms with Gasteiger partial charge in [-0.05, 0) is 24.6 Å². The summed E-state index contributed by atoms with van der Waals surface area (Å²) in [6.07, 6.45) is 0.503. The van der Waals surface area contributed by atoms with E-state index >= 15 is 0 Å². The number of esters is 1. The van der Waals surface area contributed by atoms with Gasteiger partial charge >= 0.3 is 5.97 Å². The van der Waals surface area contributed by atoms with Crippen LogP contribution in [0, 0.1) is 15.9 Å². The molecule has 0 saturated heterocycles. The molecule has 0 bridgehead atoms. The number of thioether (sulfide) groups is 1. The fraction of sp³-hybridized carbons (Fsp3) is 0.222. The number of ether oxygens (including phenoxy) is 1. The zero-order valence-corrected chi connectivity index (χ0v) is 15.4. The Kier molecular flexibility index (Phi) is 5.41. The van der Waals surface area contributed by atoms with Gasteiger partial charge in [0, 0.05) is 6.07 Å². The molecule has 0 amide bonds. The van der Waals surface area contributed by atoms with Gasteiger partial charge in [-0.2, -0.15) is 0 Å². The van der Waals surface area contributed by atoms with Gasteiger partial charge < -0.3 is 4.74 Å². The summed E-state index contributed by atoms with van der Waals surface area (Å²) >= 11 is 1.16. The third-order valence-corrected chi connectivity index (χ3v) is 5.29. The number of nitrogens with zero attached hydrogens (tertiary/aromatic N) is 3. The monoisotopic (exact) mass is 389 g/mol. The lowest BCUT2D eigenvalue weighted by Crippen LogP contribution is -2.18. The molecule has 0 saturated carbocycles. The number of carbonyl (C=O) groups is 1. The molecule has 1 atom stereocenters. The van der Waals surface area contributed by atoms with Crippen LogP contribution in [0.25, 0.3) is 16.7 Å². The van der Waals surface area contributed by atoms with E-state index in [0.29, 0.717) is 22.6 Å². The Balaban J connectivity index is 2.16. The molecule has 0 spiro atoms. The van der Waals surface area contributed by atoms with Crippen LogP contribution in [0.5, 0.6) is 0 Å². The molecule has 3 aromatic rings. The van der Waals surface area contributed by atoms with Crippen LogP contribution in [0.1, 0.15) is 13.3 Å². The maximum atomic E-state index is 14.7. The maximum absolute atomic E-state index is 14.7. The molecule has 2 aromatic carbocycles. The zero-order valence-electron chi connectivity index (χ0n) is 14.6. The number of benzene rings is 2. The number of methoxy groups -OCH3 is 1. The van der Waals surface area contributed by atoms with E-state index in [4.69, 9.17) is 4.74 Å². The third-order valence-electron chi connectivity index (χ3n) is 4.00. The Labute approximate surface area is 158 Å². The highest BCUT2D eigenvalue weighted by Crippen LogP contribution is 2.33. The van der Waals surface area contributed by atoms with Gasteiger partial charge in [-0.1, -0.05) is 30.8 Å². The first-order valence-electron chi connectivity index (χ1n) is 8.12. The topological polar surface area (TPSA) is 87.3 Å². The SMILES string of the molecule is CCC(Sc1nc2ccccc2n1-c1ccc([N+](=O)[O-])cc1F)C(=O)OC. The van der Waals surface area contributed by atoms with Crippen molar-refractivity contribution in [2.75, 3.05) is 7.11 Å². The summed E-state index contributed by atoms with van der Waals surface area (Å²) in [6.45, 7) is 1.84. The molecule has 7 nitrogen and oxygen atoms in total. The minimum absolute atomic E-state index is 0.122. The van der Waals surface area contributed by atoms with E-state index in [1.165, 1.54) is 19.2 Å². The van der Waals surface area contributed by atoms with Crippen molar-refractivity contribution in [3.8, 4) is 5.69 Å². The smallest absolute Gasteiger partial charge is 0.319 e. The van der Waals surface area contributed by atoms with Gasteiger partial charge in [0.15, 0.2) is 11.0 Å². The number of para-hydroxylation sites is 2. The van der Waals surface area contributed by atoms with Gasteiger partial charge in [-0.3, -0.25) is 19.5 Å². The van der Waals surface area contributed by atoms with Gasteiger partial charge in [-0.15, -0.1) is 0 Å². The van der Waals surface area contributed by atoms with Crippen molar-refractivity contribution in [1.82, 2.24) is 9.55 Å². The Morgan fingerprint density at radius 2 is 2.11 bits per heavy atom. The second-order valence-corrected chi connectivity index (χ2v) is 6.82. The van der Waals surface area contributed by atoms with Crippen molar-refractivity contribution in [2.45, 2.75) is 23.8 Å². The number of halogens is 1. The zero-order chi connectivity index (χ0) is 19.6. The molecular formula is C18H16FN3O4S. The van der Waals surface area contributed by atoms with Gasteiger partial charge in [0.05, 0.1) is 34.8 Å². The number of nitro groups is 1. The normalized spacial score (nSPS) is 12.1. The summed E-state index contributed by atoms with van der Waals surface area (Å²) in [5.74, 6) is -1.15. The Morgan fingerprint density at radius 1 is 1.37 bits per heavy atom. The second-order valence-electron chi connectivity index (χ2n) is 5.65. The number of nitro benzene ring substituents is 1. The fourth-order valence-corrected chi connectivity index (χ4v) is 3.73. The van der Waals surface area contributed by atoms with E-state index in [1.54, 1.807) is 28.8 Å². The first kappa shape index (κ1) is 18.8. The number of hydrogen-bond acceptors (Lipinski definition) is 6. The number of rotatable bonds is 6. The molecule has 0 N–H and O–H groups in total. The summed E-state index contributed by atoms with van der Waals surface area (Å²) in [5, 5.41) is 10.8. The maximum Gasteiger partial charge on any atom is 0.319 e. The molecule has 140 valence electrons. The van der Waals surface area contributed by atoms with Crippen molar-refractivity contribution in [3.05, 3.63) is 58.4 Å².